The number of amides is 2. The summed E-state index contributed by atoms with van der Waals surface area (Å²) in [5.74, 6) is -0.0226. The topological polar surface area (TPSA) is 114 Å². The van der Waals surface area contributed by atoms with Crippen LogP contribution in [0, 0.1) is 10.1 Å². The van der Waals surface area contributed by atoms with E-state index in [9.17, 15) is 19.7 Å². The first-order valence-corrected chi connectivity index (χ1v) is 11.4. The third kappa shape index (κ3) is 6.11. The molecule has 9 nitrogen and oxygen atoms in total. The number of benzene rings is 2. The second kappa shape index (κ2) is 11.1. The Bertz CT molecular complexity index is 1090. The lowest BCUT2D eigenvalue weighted by molar-refractivity contribution is -0.384. The van der Waals surface area contributed by atoms with E-state index < -0.39 is 10.8 Å². The molecule has 3 rings (SSSR count). The van der Waals surface area contributed by atoms with Crippen LogP contribution in [-0.2, 0) is 4.79 Å². The fourth-order valence-corrected chi connectivity index (χ4v) is 4.16. The molecule has 0 aromatic heterocycles. The molecule has 0 bridgehead atoms. The summed E-state index contributed by atoms with van der Waals surface area (Å²) in [7, 11) is 0. The summed E-state index contributed by atoms with van der Waals surface area (Å²) in [6, 6.07) is 11.1. The molecule has 2 aromatic rings. The molecule has 1 heterocycles. The van der Waals surface area contributed by atoms with Crippen LogP contribution in [0.5, 0.6) is 5.75 Å². The van der Waals surface area contributed by atoms with Gasteiger partial charge in [0.15, 0.2) is 6.61 Å². The van der Waals surface area contributed by atoms with Gasteiger partial charge < -0.3 is 9.64 Å². The van der Waals surface area contributed by atoms with Gasteiger partial charge in [0.2, 0.25) is 0 Å². The van der Waals surface area contributed by atoms with E-state index in [4.69, 9.17) is 16.3 Å². The van der Waals surface area contributed by atoms with E-state index in [0.717, 1.165) is 19.3 Å². The van der Waals surface area contributed by atoms with E-state index in [2.05, 4.69) is 24.4 Å². The Hall–Kier alpha value is -3.46. The van der Waals surface area contributed by atoms with Gasteiger partial charge in [0.1, 0.15) is 10.8 Å². The van der Waals surface area contributed by atoms with Crippen LogP contribution in [-0.4, -0.2) is 46.0 Å². The molecule has 1 N–H and O–H groups in total. The highest BCUT2D eigenvalue weighted by Gasteiger charge is 2.29. The molecule has 0 saturated carbocycles. The van der Waals surface area contributed by atoms with Crippen molar-refractivity contribution in [2.75, 3.05) is 6.61 Å². The van der Waals surface area contributed by atoms with Gasteiger partial charge in [0.25, 0.3) is 17.5 Å². The lowest BCUT2D eigenvalue weighted by atomic mass is 9.97. The maximum absolute atomic E-state index is 12.6. The molecule has 0 unspecified atom stereocenters. The van der Waals surface area contributed by atoms with Crippen LogP contribution in [0.2, 0.25) is 5.02 Å². The van der Waals surface area contributed by atoms with Gasteiger partial charge in [-0.2, -0.15) is 5.10 Å². The van der Waals surface area contributed by atoms with Gasteiger partial charge in [0, 0.05) is 29.3 Å². The number of nitro groups is 1. The number of nitro benzene ring substituents is 1. The van der Waals surface area contributed by atoms with Crippen LogP contribution < -0.4 is 10.2 Å². The second-order valence-corrected chi connectivity index (χ2v) is 8.71. The number of hydrogen-bond acceptors (Lipinski definition) is 6. The zero-order valence-corrected chi connectivity index (χ0v) is 20.0. The highest BCUT2D eigenvalue weighted by atomic mass is 35.5. The van der Waals surface area contributed by atoms with Crippen LogP contribution in [0.3, 0.4) is 0 Å². The van der Waals surface area contributed by atoms with Gasteiger partial charge in [-0.25, -0.2) is 5.43 Å². The Kier molecular flexibility index (Phi) is 8.22. The number of nitrogens with zero attached hydrogens (tertiary/aromatic N) is 3. The zero-order chi connectivity index (χ0) is 24.8. The minimum atomic E-state index is -0.581. The first-order chi connectivity index (χ1) is 16.2. The fourth-order valence-electron chi connectivity index (χ4n) is 3.98. The number of piperidine rings is 1. The van der Waals surface area contributed by atoms with E-state index in [1.807, 2.05) is 4.90 Å². The summed E-state index contributed by atoms with van der Waals surface area (Å²) in [5, 5.41) is 15.1. The highest BCUT2D eigenvalue weighted by Crippen LogP contribution is 2.25. The van der Waals surface area contributed by atoms with Crippen molar-refractivity contribution < 1.29 is 19.2 Å². The predicted molar refractivity (Wildman–Crippen MR) is 129 cm³/mol. The Morgan fingerprint density at radius 2 is 1.76 bits per heavy atom. The normalized spacial score (nSPS) is 18.4. The number of hydrazone groups is 1. The van der Waals surface area contributed by atoms with E-state index in [-0.39, 0.29) is 35.3 Å². The minimum Gasteiger partial charge on any atom is -0.484 e. The third-order valence-electron chi connectivity index (χ3n) is 5.85. The van der Waals surface area contributed by atoms with Crippen molar-refractivity contribution in [2.45, 2.75) is 52.1 Å². The lowest BCUT2D eigenvalue weighted by Crippen LogP contribution is -2.49. The molecule has 0 spiro atoms. The number of rotatable bonds is 7. The van der Waals surface area contributed by atoms with Crippen LogP contribution in [0.15, 0.2) is 47.6 Å². The Labute approximate surface area is 202 Å². The molecule has 1 aliphatic heterocycles. The summed E-state index contributed by atoms with van der Waals surface area (Å²) in [6.45, 7) is 5.67. The summed E-state index contributed by atoms with van der Waals surface area (Å²) in [4.78, 5) is 37.4. The molecule has 2 aromatic carbocycles. The number of hydrogen-bond donors (Lipinski definition) is 1. The highest BCUT2D eigenvalue weighted by molar-refractivity contribution is 6.32. The molecule has 1 aliphatic rings. The van der Waals surface area contributed by atoms with Gasteiger partial charge in [0.05, 0.1) is 10.6 Å². The average Bonchev–Trinajstić information content (AvgIpc) is 2.81. The Balaban J connectivity index is 1.57. The predicted octanol–water partition coefficient (Wildman–Crippen LogP) is 4.57. The SMILES string of the molecule is C/C(=N/NC(=O)c1ccc(OCC(=O)N2[C@H](C)CCC[C@H]2C)cc1)c1ccc(Cl)c([N+](=O)[O-])c1. The van der Waals surface area contributed by atoms with Crippen molar-refractivity contribution in [1.82, 2.24) is 10.3 Å². The molecule has 1 fully saturated rings. The van der Waals surface area contributed by atoms with Gasteiger partial charge in [-0.05, 0) is 70.4 Å². The largest absolute Gasteiger partial charge is 0.484 e. The van der Waals surface area contributed by atoms with E-state index >= 15 is 0 Å². The number of nitrogens with one attached hydrogen (secondary N) is 1. The number of halogens is 1. The van der Waals surface area contributed by atoms with Crippen molar-refractivity contribution in [1.29, 1.82) is 0 Å². The van der Waals surface area contributed by atoms with Crippen molar-refractivity contribution in [3.05, 3.63) is 68.7 Å². The van der Waals surface area contributed by atoms with Gasteiger partial charge in [-0.15, -0.1) is 0 Å². The molecular weight excluding hydrogens is 460 g/mol. The number of ether oxygens (including phenoxy) is 1. The van der Waals surface area contributed by atoms with Crippen molar-refractivity contribution in [2.24, 2.45) is 5.10 Å². The molecule has 10 heteroatoms. The zero-order valence-electron chi connectivity index (χ0n) is 19.3. The average molecular weight is 487 g/mol. The second-order valence-electron chi connectivity index (χ2n) is 8.30. The van der Waals surface area contributed by atoms with Crippen LogP contribution >= 0.6 is 11.6 Å². The third-order valence-corrected chi connectivity index (χ3v) is 6.17. The quantitative estimate of drug-likeness (QED) is 0.349. The molecule has 180 valence electrons. The number of carbonyl (C=O) groups excluding carboxylic acids is 2. The first-order valence-electron chi connectivity index (χ1n) is 11.0. The number of carbonyl (C=O) groups is 2. The molecule has 1 saturated heterocycles. The maximum atomic E-state index is 12.6. The molecule has 34 heavy (non-hydrogen) atoms. The first kappa shape index (κ1) is 25.2. The summed E-state index contributed by atoms with van der Waals surface area (Å²) >= 11 is 5.83. The fraction of sp³-hybridized carbons (Fsp3) is 0.375. The molecular formula is C24H27ClN4O5. The van der Waals surface area contributed by atoms with Crippen LogP contribution in [0.4, 0.5) is 5.69 Å². The van der Waals surface area contributed by atoms with Crippen molar-refractivity contribution >= 4 is 34.8 Å². The minimum absolute atomic E-state index is 0.0227. The molecule has 0 radical (unpaired) electrons. The summed E-state index contributed by atoms with van der Waals surface area (Å²) in [6.07, 6.45) is 3.12. The van der Waals surface area contributed by atoms with Crippen molar-refractivity contribution in [3.63, 3.8) is 0 Å². The van der Waals surface area contributed by atoms with E-state index in [1.165, 1.54) is 12.1 Å². The number of likely N-dealkylation sites (tertiary alicyclic amines) is 1. The Morgan fingerprint density at radius 3 is 2.38 bits per heavy atom. The van der Waals surface area contributed by atoms with Crippen molar-refractivity contribution in [3.8, 4) is 5.75 Å². The maximum Gasteiger partial charge on any atom is 0.288 e. The molecule has 2 atom stereocenters. The van der Waals surface area contributed by atoms with Crippen LogP contribution in [0.25, 0.3) is 0 Å². The van der Waals surface area contributed by atoms with Gasteiger partial charge in [-0.3, -0.25) is 19.7 Å². The van der Waals surface area contributed by atoms with E-state index in [0.29, 0.717) is 22.6 Å². The molecule has 2 amide bonds. The summed E-state index contributed by atoms with van der Waals surface area (Å²) < 4.78 is 5.63. The smallest absolute Gasteiger partial charge is 0.288 e. The van der Waals surface area contributed by atoms with Gasteiger partial charge >= 0.3 is 0 Å². The monoisotopic (exact) mass is 486 g/mol. The van der Waals surface area contributed by atoms with E-state index in [1.54, 1.807) is 37.3 Å². The lowest BCUT2D eigenvalue weighted by Gasteiger charge is -2.38. The van der Waals surface area contributed by atoms with Crippen LogP contribution in [0.1, 0.15) is 56.0 Å². The summed E-state index contributed by atoms with van der Waals surface area (Å²) in [5.41, 5.74) is 3.38. The standard InChI is InChI=1S/C24H27ClN4O5/c1-15-5-4-6-16(2)28(15)23(30)14-34-20-10-7-18(8-11-20)24(31)27-26-17(3)19-9-12-21(25)22(13-19)29(32)33/h7-13,15-16H,4-6,14H2,1-3H3,(H,27,31)/b26-17-/t15-,16-/m1/s1. The molecule has 0 aliphatic carbocycles. The Morgan fingerprint density at radius 1 is 1.15 bits per heavy atom. The van der Waals surface area contributed by atoms with Gasteiger partial charge in [-0.1, -0.05) is 17.7 Å².